The van der Waals surface area contributed by atoms with Crippen molar-refractivity contribution in [1.82, 2.24) is 0 Å². The summed E-state index contributed by atoms with van der Waals surface area (Å²) in [6, 6.07) is 0. The van der Waals surface area contributed by atoms with Crippen LogP contribution in [0.1, 0.15) is 32.6 Å². The van der Waals surface area contributed by atoms with Crippen molar-refractivity contribution in [2.45, 2.75) is 32.6 Å². The van der Waals surface area contributed by atoms with Gasteiger partial charge in [-0.25, -0.2) is 0 Å². The van der Waals surface area contributed by atoms with Crippen LogP contribution in [0.5, 0.6) is 0 Å². The molecule has 0 aromatic carbocycles. The summed E-state index contributed by atoms with van der Waals surface area (Å²) in [7, 11) is 4.76. The molecule has 0 atom stereocenters. The second-order valence-electron chi connectivity index (χ2n) is 3.42. The monoisotopic (exact) mass is 263 g/mol. The van der Waals surface area contributed by atoms with E-state index in [4.69, 9.17) is 9.96 Å². The average Bonchev–Trinajstić information content (AvgIpc) is 2.82. The van der Waals surface area contributed by atoms with Crippen molar-refractivity contribution < 1.29 is 29.0 Å². The van der Waals surface area contributed by atoms with Crippen LogP contribution in [-0.2, 0) is 29.0 Å². The van der Waals surface area contributed by atoms with Gasteiger partial charge in [-0.15, -0.1) is 0 Å². The molecule has 0 radical (unpaired) electrons. The van der Waals surface area contributed by atoms with Gasteiger partial charge >= 0.3 is 50.3 Å². The van der Waals surface area contributed by atoms with Gasteiger partial charge in [0.05, 0.1) is 0 Å². The molecule has 93 valence electrons. The third kappa shape index (κ3) is 8.25. The Morgan fingerprint density at radius 2 is 1.81 bits per heavy atom. The molecule has 0 fully saturated rings. The van der Waals surface area contributed by atoms with Gasteiger partial charge < -0.3 is 0 Å². The maximum atomic E-state index is 4.77. The van der Waals surface area contributed by atoms with E-state index < -0.39 is 19.0 Å². The third-order valence-corrected chi connectivity index (χ3v) is 3.76. The van der Waals surface area contributed by atoms with Crippen LogP contribution >= 0.6 is 0 Å². The summed E-state index contributed by atoms with van der Waals surface area (Å²) < 4.78 is 14.3. The zero-order chi connectivity index (χ0) is 12.2. The Labute approximate surface area is 107 Å². The molecule has 16 heavy (non-hydrogen) atoms. The molecule has 0 aromatic rings. The summed E-state index contributed by atoms with van der Waals surface area (Å²) >= 11 is -1.90. The Balaban J connectivity index is 0.000000293. The zero-order valence-corrected chi connectivity index (χ0v) is 12.3. The zero-order valence-electron chi connectivity index (χ0n) is 10.8. The van der Waals surface area contributed by atoms with Crippen molar-refractivity contribution >= 4 is 0 Å². The van der Waals surface area contributed by atoms with E-state index in [1.165, 1.54) is 25.7 Å². The average molecular weight is 263 g/mol. The van der Waals surface area contributed by atoms with Gasteiger partial charge in [0.25, 0.3) is 0 Å². The molecule has 0 aromatic heterocycles. The Morgan fingerprint density at radius 1 is 1.19 bits per heavy atom. The summed E-state index contributed by atoms with van der Waals surface area (Å²) in [6.07, 6.45) is 11.8. The first-order valence-corrected chi connectivity index (χ1v) is 7.53. The first-order chi connectivity index (χ1) is 7.78. The predicted molar refractivity (Wildman–Crippen MR) is 62.4 cm³/mol. The van der Waals surface area contributed by atoms with Crippen molar-refractivity contribution in [2.75, 3.05) is 21.3 Å². The van der Waals surface area contributed by atoms with Crippen LogP contribution < -0.4 is 0 Å². The topological polar surface area (TPSA) is 27.7 Å². The van der Waals surface area contributed by atoms with Crippen LogP contribution in [0.15, 0.2) is 23.8 Å². The normalized spacial score (nSPS) is 13.1. The van der Waals surface area contributed by atoms with Crippen LogP contribution in [0.4, 0.5) is 0 Å². The fraction of sp³-hybridized carbons (Fsp3) is 0.667. The summed E-state index contributed by atoms with van der Waals surface area (Å²) in [5.74, 6) is 0. The van der Waals surface area contributed by atoms with Gasteiger partial charge in [-0.3, -0.25) is 0 Å². The van der Waals surface area contributed by atoms with Gasteiger partial charge in [0, 0.05) is 0 Å². The fourth-order valence-electron chi connectivity index (χ4n) is 1.33. The Hall–Kier alpha value is 0.0743. The molecule has 1 aliphatic rings. The maximum absolute atomic E-state index is 4.77. The van der Waals surface area contributed by atoms with Crippen molar-refractivity contribution in [2.24, 2.45) is 0 Å². The quantitative estimate of drug-likeness (QED) is 0.688. The Kier molecular flexibility index (Phi) is 11.6. The standard InChI is InChI=1S/C9H14.3CH3O.Ti/c1-2-3-6-9-7-4-5-8-9;3*1-2;/h4-5,7H,2-3,6,8H2,1H3;3*1H3;/q;3*-1;+3. The van der Waals surface area contributed by atoms with Crippen molar-refractivity contribution in [3.8, 4) is 0 Å². The molecule has 0 unspecified atom stereocenters. The SMILES string of the molecule is CCCCC1=CC=CC1.C[O][Ti]([O]C)[O]C. The van der Waals surface area contributed by atoms with Gasteiger partial charge in [-0.05, 0) is 19.3 Å². The van der Waals surface area contributed by atoms with Crippen LogP contribution in [0.3, 0.4) is 0 Å². The van der Waals surface area contributed by atoms with Crippen LogP contribution in [0, 0.1) is 0 Å². The minimum absolute atomic E-state index is 1.21. The van der Waals surface area contributed by atoms with Crippen LogP contribution in [0.25, 0.3) is 0 Å². The Morgan fingerprint density at radius 3 is 2.12 bits per heavy atom. The summed E-state index contributed by atoms with van der Waals surface area (Å²) in [6.45, 7) is 2.24. The van der Waals surface area contributed by atoms with Crippen LogP contribution in [-0.4, -0.2) is 21.3 Å². The first kappa shape index (κ1) is 16.1. The van der Waals surface area contributed by atoms with E-state index in [0.29, 0.717) is 0 Å². The molecular weight excluding hydrogens is 240 g/mol. The molecule has 0 bridgehead atoms. The molecule has 0 saturated heterocycles. The van der Waals surface area contributed by atoms with E-state index in [1.807, 2.05) is 0 Å². The van der Waals surface area contributed by atoms with Gasteiger partial charge in [-0.2, -0.15) is 0 Å². The van der Waals surface area contributed by atoms with Crippen molar-refractivity contribution in [1.29, 1.82) is 0 Å². The first-order valence-electron chi connectivity index (χ1n) is 5.61. The number of hydrogen-bond donors (Lipinski definition) is 0. The second-order valence-corrected chi connectivity index (χ2v) is 6.12. The molecular formula is C12H23O3Ti. The number of unbranched alkanes of at least 4 members (excludes halogenated alkanes) is 1. The summed E-state index contributed by atoms with van der Waals surface area (Å²) in [5.41, 5.74) is 1.61. The number of allylic oxidation sites excluding steroid dienone is 4. The Bertz CT molecular complexity index is 205. The molecule has 1 rings (SSSR count). The van der Waals surface area contributed by atoms with E-state index >= 15 is 0 Å². The van der Waals surface area contributed by atoms with Gasteiger partial charge in [0.15, 0.2) is 0 Å². The predicted octanol–water partition coefficient (Wildman–Crippen LogP) is 3.35. The van der Waals surface area contributed by atoms with E-state index in [9.17, 15) is 0 Å². The molecule has 1 aliphatic carbocycles. The minimum atomic E-state index is -1.90. The molecule has 0 N–H and O–H groups in total. The fourth-order valence-corrected chi connectivity index (χ4v) is 2.11. The molecule has 3 nitrogen and oxygen atoms in total. The van der Waals surface area contributed by atoms with Gasteiger partial charge in [0.2, 0.25) is 0 Å². The van der Waals surface area contributed by atoms with E-state index in [1.54, 1.807) is 26.9 Å². The van der Waals surface area contributed by atoms with Crippen molar-refractivity contribution in [3.05, 3.63) is 23.8 Å². The van der Waals surface area contributed by atoms with E-state index in [-0.39, 0.29) is 0 Å². The second kappa shape index (κ2) is 11.6. The number of hydrogen-bond acceptors (Lipinski definition) is 3. The molecule has 0 amide bonds. The van der Waals surface area contributed by atoms with Crippen LogP contribution in [0.2, 0.25) is 0 Å². The number of rotatable bonds is 6. The third-order valence-electron chi connectivity index (χ3n) is 2.20. The molecule has 4 heteroatoms. The van der Waals surface area contributed by atoms with E-state index in [0.717, 1.165) is 0 Å². The molecule has 0 heterocycles. The molecule has 0 spiro atoms. The van der Waals surface area contributed by atoms with Crippen molar-refractivity contribution in [3.63, 3.8) is 0 Å². The summed E-state index contributed by atoms with van der Waals surface area (Å²) in [5, 5.41) is 0. The van der Waals surface area contributed by atoms with Gasteiger partial charge in [-0.1, -0.05) is 37.1 Å². The van der Waals surface area contributed by atoms with E-state index in [2.05, 4.69) is 25.2 Å². The van der Waals surface area contributed by atoms with Gasteiger partial charge in [0.1, 0.15) is 0 Å². The molecule has 0 saturated carbocycles. The summed E-state index contributed by atoms with van der Waals surface area (Å²) in [4.78, 5) is 0. The molecule has 0 aliphatic heterocycles.